The number of nitro groups is 1. The Kier molecular flexibility index (Phi) is 3.82. The van der Waals surface area contributed by atoms with E-state index in [-0.39, 0.29) is 22.6 Å². The molecule has 0 amide bonds. The quantitative estimate of drug-likeness (QED) is 0.587. The third-order valence-corrected chi connectivity index (χ3v) is 5.90. The molecular weight excluding hydrogens is 360 g/mol. The van der Waals surface area contributed by atoms with Crippen molar-refractivity contribution < 1.29 is 19.1 Å². The van der Waals surface area contributed by atoms with E-state index in [0.29, 0.717) is 11.3 Å². The molecule has 146 valence electrons. The van der Waals surface area contributed by atoms with Crippen LogP contribution in [0.1, 0.15) is 25.0 Å². The van der Waals surface area contributed by atoms with Crippen LogP contribution < -0.4 is 19.1 Å². The van der Waals surface area contributed by atoms with Crippen LogP contribution in [0.25, 0.3) is 6.08 Å². The summed E-state index contributed by atoms with van der Waals surface area (Å²) in [5, 5.41) is 11.6. The van der Waals surface area contributed by atoms with E-state index >= 15 is 0 Å². The zero-order chi connectivity index (χ0) is 20.3. The highest BCUT2D eigenvalue weighted by molar-refractivity contribution is 5.79. The molecule has 0 bridgehead atoms. The van der Waals surface area contributed by atoms with Crippen molar-refractivity contribution in [2.24, 2.45) is 0 Å². The van der Waals surface area contributed by atoms with Crippen molar-refractivity contribution in [3.8, 4) is 17.2 Å². The molecule has 0 saturated carbocycles. The summed E-state index contributed by atoms with van der Waals surface area (Å²) >= 11 is 0. The van der Waals surface area contributed by atoms with Gasteiger partial charge in [0.05, 0.1) is 30.1 Å². The molecule has 2 aromatic rings. The molecule has 2 heterocycles. The predicted octanol–water partition coefficient (Wildman–Crippen LogP) is 4.14. The summed E-state index contributed by atoms with van der Waals surface area (Å²) in [6.45, 7) is 4.26. The first-order chi connectivity index (χ1) is 13.3. The van der Waals surface area contributed by atoms with Crippen LogP contribution in [-0.2, 0) is 5.41 Å². The Morgan fingerprint density at radius 1 is 1.18 bits per heavy atom. The second kappa shape index (κ2) is 5.89. The molecule has 1 atom stereocenters. The Labute approximate surface area is 163 Å². The van der Waals surface area contributed by atoms with Gasteiger partial charge in [0.25, 0.3) is 0 Å². The average molecular weight is 382 g/mol. The smallest absolute Gasteiger partial charge is 0.353 e. The monoisotopic (exact) mass is 382 g/mol. The van der Waals surface area contributed by atoms with Gasteiger partial charge in [0.1, 0.15) is 5.75 Å². The van der Waals surface area contributed by atoms with Crippen molar-refractivity contribution in [1.82, 2.24) is 0 Å². The molecule has 0 radical (unpaired) electrons. The number of benzene rings is 2. The van der Waals surface area contributed by atoms with Gasteiger partial charge in [0.2, 0.25) is 17.2 Å². The molecule has 0 unspecified atom stereocenters. The highest BCUT2D eigenvalue weighted by Crippen LogP contribution is 2.56. The number of nitro benzene ring substituents is 1. The summed E-state index contributed by atoms with van der Waals surface area (Å²) in [6.07, 6.45) is 3.79. The average Bonchev–Trinajstić information content (AvgIpc) is 2.85. The van der Waals surface area contributed by atoms with Crippen LogP contribution >= 0.6 is 0 Å². The number of hydrogen-bond acceptors (Lipinski definition) is 6. The number of rotatable bonds is 3. The molecule has 2 aromatic carbocycles. The number of para-hydroxylation sites is 1. The molecule has 0 aromatic heterocycles. The molecule has 4 rings (SSSR count). The van der Waals surface area contributed by atoms with Crippen LogP contribution in [0.5, 0.6) is 17.2 Å². The largest absolute Gasteiger partial charge is 0.490 e. The lowest BCUT2D eigenvalue weighted by molar-refractivity contribution is -0.386. The second-order valence-electron chi connectivity index (χ2n) is 7.46. The summed E-state index contributed by atoms with van der Waals surface area (Å²) in [7, 11) is 4.79. The fourth-order valence-corrected chi connectivity index (χ4v) is 4.39. The molecule has 7 nitrogen and oxygen atoms in total. The van der Waals surface area contributed by atoms with Crippen molar-refractivity contribution in [2.75, 3.05) is 26.2 Å². The molecule has 28 heavy (non-hydrogen) atoms. The van der Waals surface area contributed by atoms with Gasteiger partial charge in [-0.15, -0.1) is 0 Å². The second-order valence-corrected chi connectivity index (χ2v) is 7.46. The minimum absolute atomic E-state index is 0.0991. The summed E-state index contributed by atoms with van der Waals surface area (Å²) in [5.41, 5.74) is 1.42. The maximum atomic E-state index is 11.6. The summed E-state index contributed by atoms with van der Waals surface area (Å²) in [6, 6.07) is 9.75. The first-order valence-corrected chi connectivity index (χ1v) is 8.93. The van der Waals surface area contributed by atoms with E-state index in [0.717, 1.165) is 5.69 Å². The Hall–Kier alpha value is -3.22. The van der Waals surface area contributed by atoms with E-state index in [2.05, 4.69) is 30.9 Å². The molecule has 0 aliphatic carbocycles. The van der Waals surface area contributed by atoms with Gasteiger partial charge in [-0.1, -0.05) is 18.2 Å². The minimum Gasteiger partial charge on any atom is -0.490 e. The van der Waals surface area contributed by atoms with Crippen LogP contribution in [0.3, 0.4) is 0 Å². The zero-order valence-corrected chi connectivity index (χ0v) is 16.5. The van der Waals surface area contributed by atoms with Crippen molar-refractivity contribution >= 4 is 17.5 Å². The van der Waals surface area contributed by atoms with Crippen LogP contribution in [0, 0.1) is 10.1 Å². The number of fused-ring (bicyclic) bond motifs is 2. The molecule has 7 heteroatoms. The fourth-order valence-electron chi connectivity index (χ4n) is 4.39. The van der Waals surface area contributed by atoms with Gasteiger partial charge in [-0.05, 0) is 37.6 Å². The van der Waals surface area contributed by atoms with E-state index in [4.69, 9.17) is 14.2 Å². The Bertz CT molecular complexity index is 1010. The number of ether oxygens (including phenoxy) is 3. The van der Waals surface area contributed by atoms with Gasteiger partial charge < -0.3 is 19.1 Å². The minimum atomic E-state index is -0.782. The van der Waals surface area contributed by atoms with Crippen molar-refractivity contribution in [1.29, 1.82) is 0 Å². The van der Waals surface area contributed by atoms with Gasteiger partial charge in [-0.25, -0.2) is 0 Å². The molecular formula is C21H22N2O5. The standard InChI is InChI=1S/C21H22N2O5/c1-20(2)14-8-6-7-9-15(14)22(3)21(20)11-10-13-16(28-21)12-17(26-4)18(23(24)25)19(13)27-5/h6-12H,1-5H3/t21-/m1/s1. The molecule has 0 saturated heterocycles. The lowest BCUT2D eigenvalue weighted by atomic mass is 9.76. The molecule has 0 N–H and O–H groups in total. The van der Waals surface area contributed by atoms with E-state index in [1.165, 1.54) is 19.8 Å². The number of likely N-dealkylation sites (N-methyl/N-ethyl adjacent to an activating group) is 1. The molecule has 1 spiro atoms. The molecule has 0 fully saturated rings. The predicted molar refractivity (Wildman–Crippen MR) is 106 cm³/mol. The molecule has 2 aliphatic rings. The van der Waals surface area contributed by atoms with E-state index < -0.39 is 10.6 Å². The third-order valence-electron chi connectivity index (χ3n) is 5.90. The SMILES string of the molecule is COc1cc2c(c(OC)c1[N+](=O)[O-])C=C[C@]1(O2)N(C)c2ccccc2C1(C)C. The summed E-state index contributed by atoms with van der Waals surface area (Å²) in [4.78, 5) is 13.2. The van der Waals surface area contributed by atoms with Crippen LogP contribution in [0.4, 0.5) is 11.4 Å². The summed E-state index contributed by atoms with van der Waals surface area (Å²) < 4.78 is 17.2. The lowest BCUT2D eigenvalue weighted by Gasteiger charge is -2.45. The van der Waals surface area contributed by atoms with Crippen LogP contribution in [0.15, 0.2) is 36.4 Å². The number of nitrogens with zero attached hydrogens (tertiary/aromatic N) is 2. The number of hydrogen-bond donors (Lipinski definition) is 0. The van der Waals surface area contributed by atoms with E-state index in [1.807, 2.05) is 31.3 Å². The Morgan fingerprint density at radius 3 is 2.50 bits per heavy atom. The van der Waals surface area contributed by atoms with Gasteiger partial charge in [-0.3, -0.25) is 10.1 Å². The van der Waals surface area contributed by atoms with Gasteiger partial charge in [0.15, 0.2) is 0 Å². The Balaban J connectivity index is 1.93. The third kappa shape index (κ3) is 2.10. The fraction of sp³-hybridized carbons (Fsp3) is 0.333. The van der Waals surface area contributed by atoms with Gasteiger partial charge >= 0.3 is 5.69 Å². The molecule has 2 aliphatic heterocycles. The summed E-state index contributed by atoms with van der Waals surface area (Å²) in [5.74, 6) is 0.706. The van der Waals surface area contributed by atoms with E-state index in [9.17, 15) is 10.1 Å². The van der Waals surface area contributed by atoms with Crippen molar-refractivity contribution in [3.63, 3.8) is 0 Å². The topological polar surface area (TPSA) is 74.1 Å². The zero-order valence-electron chi connectivity index (χ0n) is 16.5. The maximum Gasteiger partial charge on any atom is 0.353 e. The highest BCUT2D eigenvalue weighted by Gasteiger charge is 2.58. The van der Waals surface area contributed by atoms with Crippen molar-refractivity contribution in [2.45, 2.75) is 25.0 Å². The van der Waals surface area contributed by atoms with Gasteiger partial charge in [0, 0.05) is 18.8 Å². The Morgan fingerprint density at radius 2 is 1.89 bits per heavy atom. The van der Waals surface area contributed by atoms with Crippen LogP contribution in [-0.4, -0.2) is 31.9 Å². The van der Waals surface area contributed by atoms with Crippen molar-refractivity contribution in [3.05, 3.63) is 57.6 Å². The first-order valence-electron chi connectivity index (χ1n) is 8.93. The highest BCUT2D eigenvalue weighted by atomic mass is 16.6. The van der Waals surface area contributed by atoms with Gasteiger partial charge in [-0.2, -0.15) is 0 Å². The van der Waals surface area contributed by atoms with E-state index in [1.54, 1.807) is 6.07 Å². The normalized spacial score (nSPS) is 21.1. The first kappa shape index (κ1) is 18.2. The number of methoxy groups -OCH3 is 2. The lowest BCUT2D eigenvalue weighted by Crippen LogP contribution is -2.58. The maximum absolute atomic E-state index is 11.6. The number of anilines is 1. The van der Waals surface area contributed by atoms with Crippen LogP contribution in [0.2, 0.25) is 0 Å².